The quantitative estimate of drug-likeness (QED) is 0.560. The van der Waals surface area contributed by atoms with Gasteiger partial charge in [-0.2, -0.15) is 0 Å². The smallest absolute Gasteiger partial charge is 0.306 e. The molecule has 1 unspecified atom stereocenters. The van der Waals surface area contributed by atoms with Crippen molar-refractivity contribution in [1.29, 1.82) is 0 Å². The molecule has 0 heterocycles. The Morgan fingerprint density at radius 2 is 1.95 bits per heavy atom. The van der Waals surface area contributed by atoms with Crippen LogP contribution >= 0.6 is 0 Å². The molecule has 114 valence electrons. The maximum atomic E-state index is 12.3. The van der Waals surface area contributed by atoms with Crippen molar-refractivity contribution < 1.29 is 14.3 Å². The molecular formula is C18H24O3. The lowest BCUT2D eigenvalue weighted by Crippen LogP contribution is -2.32. The van der Waals surface area contributed by atoms with Crippen molar-refractivity contribution in [2.75, 3.05) is 0 Å². The molecule has 0 radical (unpaired) electrons. The first-order chi connectivity index (χ1) is 10.2. The average Bonchev–Trinajstić information content (AvgIpc) is 2.50. The molecule has 1 aliphatic carbocycles. The Labute approximate surface area is 126 Å². The summed E-state index contributed by atoms with van der Waals surface area (Å²) in [6.07, 6.45) is 6.75. The SMILES string of the molecule is CCCCCCCC(=O)OC1CCc2ccccc2C1=O. The Hall–Kier alpha value is -1.64. The number of ketones is 1. The van der Waals surface area contributed by atoms with E-state index in [9.17, 15) is 9.59 Å². The van der Waals surface area contributed by atoms with Crippen LogP contribution in [0, 0.1) is 0 Å². The van der Waals surface area contributed by atoms with Crippen molar-refractivity contribution in [3.05, 3.63) is 35.4 Å². The lowest BCUT2D eigenvalue weighted by atomic mass is 9.89. The summed E-state index contributed by atoms with van der Waals surface area (Å²) in [5.41, 5.74) is 1.78. The fraction of sp³-hybridized carbons (Fsp3) is 0.556. The number of aryl methyl sites for hydroxylation is 1. The van der Waals surface area contributed by atoms with Crippen LogP contribution in [0.1, 0.15) is 67.8 Å². The Morgan fingerprint density at radius 3 is 2.76 bits per heavy atom. The second kappa shape index (κ2) is 7.96. The predicted octanol–water partition coefficient (Wildman–Crippen LogP) is 4.09. The number of hydrogen-bond donors (Lipinski definition) is 0. The first kappa shape index (κ1) is 15.7. The molecular weight excluding hydrogens is 264 g/mol. The second-order valence-corrected chi connectivity index (χ2v) is 5.70. The number of carbonyl (C=O) groups excluding carboxylic acids is 2. The summed E-state index contributed by atoms with van der Waals surface area (Å²) < 4.78 is 5.38. The van der Waals surface area contributed by atoms with Gasteiger partial charge in [0.15, 0.2) is 6.10 Å². The first-order valence-electron chi connectivity index (χ1n) is 8.04. The minimum absolute atomic E-state index is 0.0452. The Bertz CT molecular complexity index is 493. The summed E-state index contributed by atoms with van der Waals surface area (Å²) in [4.78, 5) is 24.1. The average molecular weight is 288 g/mol. The Kier molecular flexibility index (Phi) is 5.97. The minimum Gasteiger partial charge on any atom is -0.454 e. The standard InChI is InChI=1S/C18H24O3/c1-2-3-4-5-6-11-17(19)21-16-13-12-14-9-7-8-10-15(14)18(16)20/h7-10,16H,2-6,11-13H2,1H3. The molecule has 1 aliphatic rings. The van der Waals surface area contributed by atoms with Crippen molar-refractivity contribution in [2.24, 2.45) is 0 Å². The van der Waals surface area contributed by atoms with Gasteiger partial charge in [0.05, 0.1) is 0 Å². The van der Waals surface area contributed by atoms with Gasteiger partial charge >= 0.3 is 5.97 Å². The molecule has 1 aromatic carbocycles. The molecule has 0 saturated heterocycles. The summed E-state index contributed by atoms with van der Waals surface area (Å²) in [5.74, 6) is -0.277. The second-order valence-electron chi connectivity index (χ2n) is 5.70. The maximum Gasteiger partial charge on any atom is 0.306 e. The van der Waals surface area contributed by atoms with Gasteiger partial charge in [0.25, 0.3) is 0 Å². The Morgan fingerprint density at radius 1 is 1.19 bits per heavy atom. The van der Waals surface area contributed by atoms with E-state index in [0.29, 0.717) is 18.4 Å². The van der Waals surface area contributed by atoms with Crippen LogP contribution in [0.5, 0.6) is 0 Å². The molecule has 0 spiro atoms. The van der Waals surface area contributed by atoms with Gasteiger partial charge in [-0.3, -0.25) is 9.59 Å². The van der Waals surface area contributed by atoms with Gasteiger partial charge in [-0.15, -0.1) is 0 Å². The molecule has 0 fully saturated rings. The molecule has 1 aromatic rings. The third-order valence-electron chi connectivity index (χ3n) is 4.01. The van der Waals surface area contributed by atoms with Crippen LogP contribution in [-0.2, 0) is 16.0 Å². The normalized spacial score (nSPS) is 17.4. The topological polar surface area (TPSA) is 43.4 Å². The van der Waals surface area contributed by atoms with Crippen LogP contribution in [-0.4, -0.2) is 17.9 Å². The molecule has 3 heteroatoms. The number of hydrogen-bond acceptors (Lipinski definition) is 3. The highest BCUT2D eigenvalue weighted by molar-refractivity contribution is 6.02. The predicted molar refractivity (Wildman–Crippen MR) is 82.3 cm³/mol. The number of Topliss-reactive ketones (excluding diaryl/α,β-unsaturated/α-hetero) is 1. The number of ether oxygens (including phenoxy) is 1. The van der Waals surface area contributed by atoms with Gasteiger partial charge in [-0.05, 0) is 24.8 Å². The van der Waals surface area contributed by atoms with Crippen LogP contribution < -0.4 is 0 Å². The van der Waals surface area contributed by atoms with Gasteiger partial charge in [0.2, 0.25) is 5.78 Å². The highest BCUT2D eigenvalue weighted by Gasteiger charge is 2.29. The number of benzene rings is 1. The summed E-state index contributed by atoms with van der Waals surface area (Å²) in [7, 11) is 0. The third-order valence-corrected chi connectivity index (χ3v) is 4.01. The molecule has 0 amide bonds. The fourth-order valence-corrected chi connectivity index (χ4v) is 2.77. The molecule has 0 aliphatic heterocycles. The maximum absolute atomic E-state index is 12.3. The molecule has 3 nitrogen and oxygen atoms in total. The van der Waals surface area contributed by atoms with Crippen LogP contribution in [0.4, 0.5) is 0 Å². The van der Waals surface area contributed by atoms with E-state index in [1.54, 1.807) is 0 Å². The van der Waals surface area contributed by atoms with E-state index in [-0.39, 0.29) is 11.8 Å². The van der Waals surface area contributed by atoms with E-state index >= 15 is 0 Å². The van der Waals surface area contributed by atoms with Gasteiger partial charge < -0.3 is 4.74 Å². The zero-order valence-corrected chi connectivity index (χ0v) is 12.8. The van der Waals surface area contributed by atoms with Crippen LogP contribution in [0.2, 0.25) is 0 Å². The fourth-order valence-electron chi connectivity index (χ4n) is 2.77. The minimum atomic E-state index is -0.581. The van der Waals surface area contributed by atoms with E-state index in [1.807, 2.05) is 24.3 Å². The van der Waals surface area contributed by atoms with Gasteiger partial charge in [-0.25, -0.2) is 0 Å². The van der Waals surface area contributed by atoms with Crippen LogP contribution in [0.25, 0.3) is 0 Å². The lowest BCUT2D eigenvalue weighted by molar-refractivity contribution is -0.147. The number of unbranched alkanes of at least 4 members (excludes halogenated alkanes) is 4. The van der Waals surface area contributed by atoms with Crippen LogP contribution in [0.3, 0.4) is 0 Å². The summed E-state index contributed by atoms with van der Waals surface area (Å²) >= 11 is 0. The van der Waals surface area contributed by atoms with E-state index in [2.05, 4.69) is 6.92 Å². The van der Waals surface area contributed by atoms with E-state index in [0.717, 1.165) is 24.8 Å². The van der Waals surface area contributed by atoms with Gasteiger partial charge in [0.1, 0.15) is 0 Å². The monoisotopic (exact) mass is 288 g/mol. The van der Waals surface area contributed by atoms with Crippen molar-refractivity contribution in [3.63, 3.8) is 0 Å². The highest BCUT2D eigenvalue weighted by atomic mass is 16.5. The van der Waals surface area contributed by atoms with Crippen molar-refractivity contribution in [2.45, 2.75) is 64.4 Å². The van der Waals surface area contributed by atoms with E-state index < -0.39 is 6.10 Å². The Balaban J connectivity index is 1.79. The molecule has 21 heavy (non-hydrogen) atoms. The van der Waals surface area contributed by atoms with Crippen molar-refractivity contribution in [3.8, 4) is 0 Å². The van der Waals surface area contributed by atoms with Crippen molar-refractivity contribution in [1.82, 2.24) is 0 Å². The number of fused-ring (bicyclic) bond motifs is 1. The largest absolute Gasteiger partial charge is 0.454 e. The molecule has 0 aromatic heterocycles. The molecule has 0 bridgehead atoms. The first-order valence-corrected chi connectivity index (χ1v) is 8.04. The summed E-state index contributed by atoms with van der Waals surface area (Å²) in [6.45, 7) is 2.17. The number of esters is 1. The van der Waals surface area contributed by atoms with Crippen molar-refractivity contribution >= 4 is 11.8 Å². The molecule has 0 N–H and O–H groups in total. The number of rotatable bonds is 7. The van der Waals surface area contributed by atoms with Gasteiger partial charge in [0, 0.05) is 12.0 Å². The lowest BCUT2D eigenvalue weighted by Gasteiger charge is -2.23. The van der Waals surface area contributed by atoms with Crippen LogP contribution in [0.15, 0.2) is 24.3 Å². The zero-order chi connectivity index (χ0) is 15.1. The third kappa shape index (κ3) is 4.42. The van der Waals surface area contributed by atoms with E-state index in [4.69, 9.17) is 4.74 Å². The zero-order valence-electron chi connectivity index (χ0n) is 12.8. The van der Waals surface area contributed by atoms with Gasteiger partial charge in [-0.1, -0.05) is 56.9 Å². The molecule has 0 saturated carbocycles. The molecule has 2 rings (SSSR count). The summed E-state index contributed by atoms with van der Waals surface area (Å²) in [5, 5.41) is 0. The summed E-state index contributed by atoms with van der Waals surface area (Å²) in [6, 6.07) is 7.59. The molecule has 1 atom stereocenters. The highest BCUT2D eigenvalue weighted by Crippen LogP contribution is 2.23. The van der Waals surface area contributed by atoms with E-state index in [1.165, 1.54) is 19.3 Å². The number of carbonyl (C=O) groups is 2.